The first-order valence-electron chi connectivity index (χ1n) is 6.82. The highest BCUT2D eigenvalue weighted by Crippen LogP contribution is 2.60. The van der Waals surface area contributed by atoms with Gasteiger partial charge in [0.05, 0.1) is 5.92 Å². The highest BCUT2D eigenvalue weighted by atomic mass is 32.2. The molecule has 4 rings (SSSR count). The van der Waals surface area contributed by atoms with Crippen LogP contribution in [-0.4, -0.2) is 32.9 Å². The summed E-state index contributed by atoms with van der Waals surface area (Å²) in [7, 11) is 0. The fraction of sp³-hybridized carbons (Fsp3) is 0.267. The van der Waals surface area contributed by atoms with E-state index in [-0.39, 0.29) is 5.25 Å². The Morgan fingerprint density at radius 2 is 1.95 bits per heavy atom. The Kier molecular flexibility index (Phi) is 2.65. The topological polar surface area (TPSA) is 89.7 Å². The number of primary amides is 1. The molecule has 4 amide bonds. The van der Waals surface area contributed by atoms with Crippen molar-refractivity contribution in [1.82, 2.24) is 4.90 Å². The Morgan fingerprint density at radius 3 is 2.64 bits per heavy atom. The maximum absolute atomic E-state index is 12.5. The molecule has 1 aromatic carbocycles. The second-order valence-electron chi connectivity index (χ2n) is 5.43. The van der Waals surface area contributed by atoms with E-state index in [9.17, 15) is 14.4 Å². The third kappa shape index (κ3) is 1.60. The van der Waals surface area contributed by atoms with E-state index >= 15 is 0 Å². The number of amides is 4. The second-order valence-corrected chi connectivity index (χ2v) is 6.85. The van der Waals surface area contributed by atoms with Crippen LogP contribution in [0.5, 0.6) is 5.75 Å². The number of likely N-dealkylation sites (tertiary alicyclic amines) is 1. The number of hydrogen-bond donors (Lipinski definition) is 1. The molecular formula is C15H12N2O4S. The van der Waals surface area contributed by atoms with E-state index in [1.807, 2.05) is 30.4 Å². The third-order valence-electron chi connectivity index (χ3n) is 4.22. The van der Waals surface area contributed by atoms with Gasteiger partial charge >= 0.3 is 6.03 Å². The monoisotopic (exact) mass is 316 g/mol. The van der Waals surface area contributed by atoms with Crippen molar-refractivity contribution in [3.05, 3.63) is 42.5 Å². The van der Waals surface area contributed by atoms with Crippen LogP contribution >= 0.6 is 11.8 Å². The summed E-state index contributed by atoms with van der Waals surface area (Å²) in [6.45, 7) is 0. The molecule has 7 heteroatoms. The van der Waals surface area contributed by atoms with Crippen molar-refractivity contribution in [2.75, 3.05) is 0 Å². The van der Waals surface area contributed by atoms with Crippen molar-refractivity contribution < 1.29 is 19.1 Å². The van der Waals surface area contributed by atoms with Gasteiger partial charge in [-0.05, 0) is 18.2 Å². The van der Waals surface area contributed by atoms with E-state index in [4.69, 9.17) is 10.5 Å². The number of rotatable bonds is 2. The standard InChI is InChI=1S/C15H12N2O4S/c16-14(20)17-12(18)10-9-6-7-15(22-9,11(10)13(17)19)21-8-4-2-1-3-5-8/h1-7,9-11H,(H2,16,20). The molecule has 0 spiro atoms. The summed E-state index contributed by atoms with van der Waals surface area (Å²) in [6, 6.07) is 8.08. The summed E-state index contributed by atoms with van der Waals surface area (Å²) in [5.41, 5.74) is 5.17. The molecule has 112 valence electrons. The average molecular weight is 316 g/mol. The lowest BCUT2D eigenvalue weighted by atomic mass is 9.83. The maximum atomic E-state index is 12.5. The molecule has 1 aromatic rings. The summed E-state index contributed by atoms with van der Waals surface area (Å²) in [4.78, 5) is 35.8. The lowest BCUT2D eigenvalue weighted by Crippen LogP contribution is -2.45. The maximum Gasteiger partial charge on any atom is 0.328 e. The zero-order valence-corrected chi connectivity index (χ0v) is 12.2. The SMILES string of the molecule is NC(=O)N1C(=O)C2C3C=CC(Oc4ccccc4)(S3)C2C1=O. The smallest absolute Gasteiger partial charge is 0.328 e. The van der Waals surface area contributed by atoms with E-state index < -0.39 is 34.6 Å². The van der Waals surface area contributed by atoms with Gasteiger partial charge in [0.2, 0.25) is 11.8 Å². The van der Waals surface area contributed by atoms with Gasteiger partial charge in [-0.3, -0.25) is 9.59 Å². The van der Waals surface area contributed by atoms with Gasteiger partial charge in [-0.25, -0.2) is 4.79 Å². The predicted molar refractivity (Wildman–Crippen MR) is 78.7 cm³/mol. The van der Waals surface area contributed by atoms with E-state index in [1.54, 1.807) is 12.1 Å². The van der Waals surface area contributed by atoms with E-state index in [0.29, 0.717) is 10.6 Å². The largest absolute Gasteiger partial charge is 0.472 e. The minimum absolute atomic E-state index is 0.172. The first-order chi connectivity index (χ1) is 10.5. The highest BCUT2D eigenvalue weighted by Gasteiger charge is 2.69. The number of hydrogen-bond acceptors (Lipinski definition) is 5. The van der Waals surface area contributed by atoms with Gasteiger partial charge in [0, 0.05) is 5.25 Å². The van der Waals surface area contributed by atoms with Gasteiger partial charge in [0.1, 0.15) is 11.7 Å². The van der Waals surface area contributed by atoms with Crippen LogP contribution in [0.25, 0.3) is 0 Å². The number of nitrogens with zero attached hydrogens (tertiary/aromatic N) is 1. The summed E-state index contributed by atoms with van der Waals surface area (Å²) in [5, 5.41) is -0.172. The number of urea groups is 1. The molecule has 22 heavy (non-hydrogen) atoms. The summed E-state index contributed by atoms with van der Waals surface area (Å²) < 4.78 is 6.04. The summed E-state index contributed by atoms with van der Waals surface area (Å²) in [6.07, 6.45) is 3.68. The molecule has 3 aliphatic rings. The van der Waals surface area contributed by atoms with Crippen LogP contribution in [-0.2, 0) is 9.59 Å². The molecule has 2 fully saturated rings. The average Bonchev–Trinajstić information content (AvgIpc) is 3.10. The van der Waals surface area contributed by atoms with Gasteiger partial charge < -0.3 is 10.5 Å². The Bertz CT molecular complexity index is 720. The highest BCUT2D eigenvalue weighted by molar-refractivity contribution is 8.02. The summed E-state index contributed by atoms with van der Waals surface area (Å²) >= 11 is 1.43. The first-order valence-corrected chi connectivity index (χ1v) is 7.70. The molecule has 6 nitrogen and oxygen atoms in total. The molecule has 3 aliphatic heterocycles. The number of para-hydroxylation sites is 1. The van der Waals surface area contributed by atoms with Crippen LogP contribution < -0.4 is 10.5 Å². The molecule has 4 unspecified atom stereocenters. The van der Waals surface area contributed by atoms with Crippen LogP contribution in [0.4, 0.5) is 4.79 Å². The minimum atomic E-state index is -1.02. The Morgan fingerprint density at radius 1 is 1.23 bits per heavy atom. The summed E-state index contributed by atoms with van der Waals surface area (Å²) in [5.74, 6) is -1.79. The molecule has 0 aliphatic carbocycles. The van der Waals surface area contributed by atoms with Gasteiger partial charge in [-0.2, -0.15) is 4.90 Å². The van der Waals surface area contributed by atoms with Gasteiger partial charge in [-0.15, -0.1) is 11.8 Å². The minimum Gasteiger partial charge on any atom is -0.472 e. The number of carbonyl (C=O) groups excluding carboxylic acids is 3. The number of fused-ring (bicyclic) bond motifs is 5. The van der Waals surface area contributed by atoms with E-state index in [1.165, 1.54) is 11.8 Å². The van der Waals surface area contributed by atoms with Gasteiger partial charge in [0.25, 0.3) is 0 Å². The zero-order chi connectivity index (χ0) is 15.5. The lowest BCUT2D eigenvalue weighted by molar-refractivity contribution is -0.136. The van der Waals surface area contributed by atoms with Gasteiger partial charge in [0.15, 0.2) is 4.93 Å². The number of ether oxygens (including phenoxy) is 1. The molecule has 2 bridgehead atoms. The molecule has 0 radical (unpaired) electrons. The molecule has 0 saturated carbocycles. The Labute approximate surface area is 130 Å². The number of imide groups is 3. The quantitative estimate of drug-likeness (QED) is 0.652. The second kappa shape index (κ2) is 4.36. The zero-order valence-electron chi connectivity index (χ0n) is 11.3. The van der Waals surface area contributed by atoms with E-state index in [2.05, 4.69) is 0 Å². The van der Waals surface area contributed by atoms with Crippen LogP contribution in [0.2, 0.25) is 0 Å². The molecule has 4 atom stereocenters. The number of nitrogens with two attached hydrogens (primary N) is 1. The van der Waals surface area contributed by atoms with Crippen LogP contribution in [0.15, 0.2) is 42.5 Å². The molecule has 0 aromatic heterocycles. The number of benzene rings is 1. The van der Waals surface area contributed by atoms with Crippen LogP contribution in [0, 0.1) is 11.8 Å². The van der Waals surface area contributed by atoms with E-state index in [0.717, 1.165) is 0 Å². The van der Waals surface area contributed by atoms with Crippen LogP contribution in [0.3, 0.4) is 0 Å². The fourth-order valence-electron chi connectivity index (χ4n) is 3.35. The third-order valence-corrected chi connectivity index (χ3v) is 5.78. The molecule has 3 heterocycles. The van der Waals surface area contributed by atoms with Crippen LogP contribution in [0.1, 0.15) is 0 Å². The normalized spacial score (nSPS) is 35.1. The number of carbonyl (C=O) groups is 3. The Balaban J connectivity index is 1.73. The van der Waals surface area contributed by atoms with Gasteiger partial charge in [-0.1, -0.05) is 24.3 Å². The lowest BCUT2D eigenvalue weighted by Gasteiger charge is -2.29. The fourth-order valence-corrected chi connectivity index (χ4v) is 5.05. The molecule has 2 N–H and O–H groups in total. The van der Waals surface area contributed by atoms with Crippen molar-refractivity contribution in [3.8, 4) is 5.75 Å². The van der Waals surface area contributed by atoms with Crippen molar-refractivity contribution >= 4 is 29.6 Å². The van der Waals surface area contributed by atoms with Crippen molar-refractivity contribution in [1.29, 1.82) is 0 Å². The first kappa shape index (κ1) is 13.4. The van der Waals surface area contributed by atoms with Crippen molar-refractivity contribution in [3.63, 3.8) is 0 Å². The van der Waals surface area contributed by atoms with Crippen molar-refractivity contribution in [2.24, 2.45) is 17.6 Å². The van der Waals surface area contributed by atoms with Crippen molar-refractivity contribution in [2.45, 2.75) is 10.2 Å². The molecular weight excluding hydrogens is 304 g/mol. The predicted octanol–water partition coefficient (Wildman–Crippen LogP) is 1.13. The molecule has 2 saturated heterocycles. The Hall–Kier alpha value is -2.28. The number of thioether (sulfide) groups is 1.